The zero-order valence-corrected chi connectivity index (χ0v) is 16.7. The quantitative estimate of drug-likeness (QED) is 0.590. The van der Waals surface area contributed by atoms with Crippen molar-refractivity contribution in [2.75, 3.05) is 13.2 Å². The van der Waals surface area contributed by atoms with E-state index >= 15 is 0 Å². The van der Waals surface area contributed by atoms with Gasteiger partial charge in [0.25, 0.3) is 6.43 Å². The molecule has 0 saturated heterocycles. The number of Topliss-reactive ketones (excluding diaryl/α,β-unsaturated/α-hetero) is 1. The summed E-state index contributed by atoms with van der Waals surface area (Å²) in [5.41, 5.74) is -1.45. The van der Waals surface area contributed by atoms with Crippen molar-refractivity contribution in [2.45, 2.75) is 37.8 Å². The molecule has 7 heteroatoms. The van der Waals surface area contributed by atoms with Crippen LogP contribution in [-0.4, -0.2) is 46.7 Å². The van der Waals surface area contributed by atoms with E-state index in [2.05, 4.69) is 5.32 Å². The lowest BCUT2D eigenvalue weighted by molar-refractivity contribution is -0.160. The van der Waals surface area contributed by atoms with Crippen molar-refractivity contribution >= 4 is 18.2 Å². The molecule has 0 fully saturated rings. The van der Waals surface area contributed by atoms with Gasteiger partial charge in [-0.25, -0.2) is 8.78 Å². The third-order valence-corrected chi connectivity index (χ3v) is 5.09. The summed E-state index contributed by atoms with van der Waals surface area (Å²) < 4.78 is 26.5. The van der Waals surface area contributed by atoms with Gasteiger partial charge in [-0.3, -0.25) is 4.79 Å². The van der Waals surface area contributed by atoms with Crippen LogP contribution in [0.5, 0.6) is 0 Å². The van der Waals surface area contributed by atoms with Gasteiger partial charge in [0.05, 0.1) is 0 Å². The lowest BCUT2D eigenvalue weighted by Crippen LogP contribution is -2.68. The molecule has 0 saturated carbocycles. The molecule has 3 N–H and O–H groups in total. The van der Waals surface area contributed by atoms with Gasteiger partial charge in [0, 0.05) is 6.54 Å². The van der Waals surface area contributed by atoms with E-state index in [1.165, 1.54) is 6.92 Å². The summed E-state index contributed by atoms with van der Waals surface area (Å²) in [6, 6.07) is 17.7. The molecule has 2 aromatic rings. The van der Waals surface area contributed by atoms with Crippen molar-refractivity contribution in [1.29, 1.82) is 0 Å². The maximum Gasteiger partial charge on any atom is 0.268 e. The van der Waals surface area contributed by atoms with Gasteiger partial charge >= 0.3 is 0 Å². The highest BCUT2D eigenvalue weighted by atomic mass is 35.5. The van der Waals surface area contributed by atoms with Gasteiger partial charge in [0.1, 0.15) is 17.7 Å². The molecule has 0 aliphatic rings. The van der Waals surface area contributed by atoms with Crippen molar-refractivity contribution in [3.8, 4) is 11.1 Å². The molecule has 0 bridgehead atoms. The fourth-order valence-corrected chi connectivity index (χ4v) is 2.89. The van der Waals surface area contributed by atoms with Crippen LogP contribution >= 0.6 is 12.4 Å². The molecule has 2 atom stereocenters. The van der Waals surface area contributed by atoms with E-state index in [-0.39, 0.29) is 19.0 Å². The minimum Gasteiger partial charge on any atom is -0.389 e. The number of halogens is 3. The Bertz CT molecular complexity index is 754. The molecule has 0 amide bonds. The van der Waals surface area contributed by atoms with Crippen molar-refractivity contribution in [3.05, 3.63) is 60.2 Å². The lowest BCUT2D eigenvalue weighted by atomic mass is 9.79. The monoisotopic (exact) mass is 413 g/mol. The first-order valence-electron chi connectivity index (χ1n) is 8.76. The SMILES string of the molecule is CC(NCCc1ccc(-c2ccccc2)cc1)(C(=O)CO)C(C)(O)C(F)F.Cl. The molecule has 2 rings (SSSR count). The van der Waals surface area contributed by atoms with E-state index in [1.54, 1.807) is 0 Å². The third kappa shape index (κ3) is 5.14. The van der Waals surface area contributed by atoms with Gasteiger partial charge in [0.15, 0.2) is 5.78 Å². The molecule has 0 spiro atoms. The second-order valence-corrected chi connectivity index (χ2v) is 6.89. The Hall–Kier alpha value is -1.86. The zero-order valence-electron chi connectivity index (χ0n) is 15.9. The summed E-state index contributed by atoms with van der Waals surface area (Å²) in [5.74, 6) is -0.882. The van der Waals surface area contributed by atoms with E-state index in [9.17, 15) is 18.7 Å². The number of aliphatic hydroxyl groups excluding tert-OH is 1. The van der Waals surface area contributed by atoms with E-state index in [0.717, 1.165) is 23.6 Å². The average Bonchev–Trinajstić information content (AvgIpc) is 2.68. The first-order valence-corrected chi connectivity index (χ1v) is 8.76. The highest BCUT2D eigenvalue weighted by molar-refractivity contribution is 5.90. The number of hydrogen-bond acceptors (Lipinski definition) is 4. The van der Waals surface area contributed by atoms with E-state index in [1.807, 2.05) is 54.6 Å². The number of carbonyl (C=O) groups is 1. The molecule has 2 aromatic carbocycles. The summed E-state index contributed by atoms with van der Waals surface area (Å²) >= 11 is 0. The third-order valence-electron chi connectivity index (χ3n) is 5.09. The molecule has 4 nitrogen and oxygen atoms in total. The van der Waals surface area contributed by atoms with Crippen LogP contribution in [0.4, 0.5) is 8.78 Å². The molecule has 2 unspecified atom stereocenters. The van der Waals surface area contributed by atoms with Crippen LogP contribution in [0.2, 0.25) is 0 Å². The van der Waals surface area contributed by atoms with E-state index < -0.39 is 30.0 Å². The fraction of sp³-hybridized carbons (Fsp3) is 0.381. The molecule has 0 aliphatic carbocycles. The largest absolute Gasteiger partial charge is 0.389 e. The number of benzene rings is 2. The summed E-state index contributed by atoms with van der Waals surface area (Å²) in [6.45, 7) is 1.34. The average molecular weight is 414 g/mol. The Balaban J connectivity index is 0.00000392. The topological polar surface area (TPSA) is 69.6 Å². The maximum atomic E-state index is 13.2. The zero-order chi connectivity index (χ0) is 20.1. The highest BCUT2D eigenvalue weighted by Crippen LogP contribution is 2.29. The number of rotatable bonds is 9. The first-order chi connectivity index (χ1) is 12.7. The summed E-state index contributed by atoms with van der Waals surface area (Å²) in [6.07, 6.45) is -2.67. The van der Waals surface area contributed by atoms with Gasteiger partial charge in [0.2, 0.25) is 0 Å². The predicted molar refractivity (Wildman–Crippen MR) is 108 cm³/mol. The minimum absolute atomic E-state index is 0. The molecular formula is C21H26ClF2NO3. The number of aliphatic hydroxyl groups is 2. The Morgan fingerprint density at radius 3 is 2.07 bits per heavy atom. The summed E-state index contributed by atoms with van der Waals surface area (Å²) in [7, 11) is 0. The van der Waals surface area contributed by atoms with Crippen LogP contribution < -0.4 is 5.32 Å². The maximum absolute atomic E-state index is 13.2. The summed E-state index contributed by atoms with van der Waals surface area (Å²) in [5, 5.41) is 22.0. The normalized spacial score (nSPS) is 15.4. The number of ketones is 1. The molecular weight excluding hydrogens is 388 g/mol. The molecule has 154 valence electrons. The van der Waals surface area contributed by atoms with Crippen LogP contribution in [0.1, 0.15) is 19.4 Å². The number of carbonyl (C=O) groups excluding carboxylic acids is 1. The van der Waals surface area contributed by atoms with Gasteiger partial charge < -0.3 is 15.5 Å². The molecule has 0 radical (unpaired) electrons. The molecule has 28 heavy (non-hydrogen) atoms. The number of nitrogens with one attached hydrogen (secondary N) is 1. The molecule has 0 aliphatic heterocycles. The van der Waals surface area contributed by atoms with Gasteiger partial charge in [-0.15, -0.1) is 12.4 Å². The molecule has 0 heterocycles. The van der Waals surface area contributed by atoms with Gasteiger partial charge in [-0.1, -0.05) is 54.6 Å². The first kappa shape index (κ1) is 24.2. The standard InChI is InChI=1S/C21H25F2NO3.ClH/c1-20(18(26)14-25,21(2,27)19(22)23)24-13-12-15-8-10-17(11-9-15)16-6-4-3-5-7-16;/h3-11,19,24-25,27H,12-14H2,1-2H3;1H. The van der Waals surface area contributed by atoms with Crippen molar-refractivity contribution in [2.24, 2.45) is 0 Å². The van der Waals surface area contributed by atoms with Crippen LogP contribution in [0.3, 0.4) is 0 Å². The van der Waals surface area contributed by atoms with Gasteiger partial charge in [-0.2, -0.15) is 0 Å². The van der Waals surface area contributed by atoms with Crippen LogP contribution in [0, 0.1) is 0 Å². The second-order valence-electron chi connectivity index (χ2n) is 6.89. The Labute approximate surface area is 170 Å². The number of alkyl halides is 2. The summed E-state index contributed by atoms with van der Waals surface area (Å²) in [4.78, 5) is 12.0. The minimum atomic E-state index is -3.14. The van der Waals surface area contributed by atoms with Crippen LogP contribution in [-0.2, 0) is 11.2 Å². The van der Waals surface area contributed by atoms with E-state index in [0.29, 0.717) is 6.42 Å². The second kappa shape index (κ2) is 10.1. The highest BCUT2D eigenvalue weighted by Gasteiger charge is 2.54. The van der Waals surface area contributed by atoms with Crippen LogP contribution in [0.25, 0.3) is 11.1 Å². The Morgan fingerprint density at radius 2 is 1.57 bits per heavy atom. The number of hydrogen-bond donors (Lipinski definition) is 3. The van der Waals surface area contributed by atoms with Crippen LogP contribution in [0.15, 0.2) is 54.6 Å². The lowest BCUT2D eigenvalue weighted by Gasteiger charge is -2.41. The smallest absolute Gasteiger partial charge is 0.268 e. The fourth-order valence-electron chi connectivity index (χ4n) is 2.89. The Kier molecular flexibility index (Phi) is 8.70. The van der Waals surface area contributed by atoms with Gasteiger partial charge in [-0.05, 0) is 37.0 Å². The Morgan fingerprint density at radius 1 is 1.04 bits per heavy atom. The van der Waals surface area contributed by atoms with E-state index in [4.69, 9.17) is 5.11 Å². The van der Waals surface area contributed by atoms with Crippen molar-refractivity contribution < 1.29 is 23.8 Å². The predicted octanol–water partition coefficient (Wildman–Crippen LogP) is 3.24. The molecule has 0 aromatic heterocycles. The van der Waals surface area contributed by atoms with Crippen molar-refractivity contribution in [1.82, 2.24) is 5.32 Å². The van der Waals surface area contributed by atoms with Crippen molar-refractivity contribution in [3.63, 3.8) is 0 Å².